The van der Waals surface area contributed by atoms with Gasteiger partial charge in [-0.05, 0) is 105 Å². The van der Waals surface area contributed by atoms with Gasteiger partial charge in [0, 0.05) is 49.8 Å². The first kappa shape index (κ1) is 36.7. The monoisotopic (exact) mass is 723 g/mol. The molecule has 2 aromatic carbocycles. The Hall–Kier alpha value is -3.07. The Labute approximate surface area is 302 Å². The second kappa shape index (κ2) is 16.1. The molecule has 2 aromatic rings. The zero-order chi connectivity index (χ0) is 35.3. The van der Waals surface area contributed by atoms with E-state index < -0.39 is 26.8 Å². The topological polar surface area (TPSA) is 97.4 Å². The maximum Gasteiger partial charge on any atom is 0.264 e. The minimum absolute atomic E-state index is 0.130. The van der Waals surface area contributed by atoms with Gasteiger partial charge in [0.25, 0.3) is 5.91 Å². The maximum atomic E-state index is 13.5. The number of nitrogens with zero attached hydrogens (tertiary/aromatic N) is 2. The summed E-state index contributed by atoms with van der Waals surface area (Å²) >= 11 is 6.38. The normalized spacial score (nSPS) is 29.7. The Balaban J connectivity index is 1.39. The molecule has 11 heteroatoms. The van der Waals surface area contributed by atoms with Gasteiger partial charge in [-0.25, -0.2) is 13.1 Å². The van der Waals surface area contributed by atoms with Crippen LogP contribution >= 0.6 is 11.6 Å². The number of nitrogens with one attached hydrogen (secondary N) is 1. The Morgan fingerprint density at radius 1 is 1.06 bits per heavy atom. The number of methoxy groups -OCH3 is 1. The number of rotatable bonds is 2. The second-order valence-corrected chi connectivity index (χ2v) is 16.7. The lowest BCUT2D eigenvalue weighted by atomic mass is 9.64. The van der Waals surface area contributed by atoms with Gasteiger partial charge < -0.3 is 19.1 Å². The summed E-state index contributed by atoms with van der Waals surface area (Å²) in [5.41, 5.74) is 2.49. The number of sulfonamides is 1. The van der Waals surface area contributed by atoms with Crippen molar-refractivity contribution in [2.75, 3.05) is 57.9 Å². The van der Waals surface area contributed by atoms with Crippen molar-refractivity contribution in [1.82, 2.24) is 9.62 Å². The smallest absolute Gasteiger partial charge is 0.264 e. The molecule has 2 fully saturated rings. The number of aryl methyl sites for hydroxylation is 1. The van der Waals surface area contributed by atoms with Crippen molar-refractivity contribution in [3.63, 3.8) is 0 Å². The van der Waals surface area contributed by atoms with Crippen LogP contribution in [0.4, 0.5) is 5.69 Å². The third-order valence-electron chi connectivity index (χ3n) is 11.1. The summed E-state index contributed by atoms with van der Waals surface area (Å²) in [6.45, 7) is 9.14. The fourth-order valence-electron chi connectivity index (χ4n) is 7.53. The van der Waals surface area contributed by atoms with Crippen molar-refractivity contribution in [2.45, 2.75) is 69.8 Å². The number of anilines is 1. The number of amides is 1. The van der Waals surface area contributed by atoms with Crippen LogP contribution in [0.5, 0.6) is 5.75 Å². The maximum absolute atomic E-state index is 13.5. The molecule has 5 atom stereocenters. The highest BCUT2D eigenvalue weighted by Gasteiger charge is 2.47. The lowest BCUT2D eigenvalue weighted by Gasteiger charge is -2.47. The molecule has 4 aliphatic rings. The number of allylic oxidation sites excluding steroid dienone is 1. The van der Waals surface area contributed by atoms with Gasteiger partial charge in [0.15, 0.2) is 0 Å². The van der Waals surface area contributed by atoms with Gasteiger partial charge in [-0.2, -0.15) is 0 Å². The van der Waals surface area contributed by atoms with E-state index >= 15 is 0 Å². The van der Waals surface area contributed by atoms with Crippen molar-refractivity contribution < 1.29 is 27.4 Å². The average Bonchev–Trinajstić information content (AvgIpc) is 3.12. The summed E-state index contributed by atoms with van der Waals surface area (Å²) in [5.74, 6) is 7.18. The van der Waals surface area contributed by atoms with E-state index in [9.17, 15) is 13.2 Å². The van der Waals surface area contributed by atoms with E-state index in [2.05, 4.69) is 32.4 Å². The molecular weight excluding hydrogens is 674 g/mol. The zero-order valence-electron chi connectivity index (χ0n) is 29.5. The van der Waals surface area contributed by atoms with Gasteiger partial charge in [0.2, 0.25) is 10.0 Å². The van der Waals surface area contributed by atoms with Crippen LogP contribution in [0.1, 0.15) is 67.4 Å². The first-order chi connectivity index (χ1) is 24.1. The van der Waals surface area contributed by atoms with E-state index in [1.165, 1.54) is 5.56 Å². The lowest BCUT2D eigenvalue weighted by molar-refractivity contribution is -0.0350. The minimum Gasteiger partial charge on any atom is -0.487 e. The Morgan fingerprint density at radius 3 is 2.64 bits per heavy atom. The van der Waals surface area contributed by atoms with Crippen molar-refractivity contribution >= 4 is 33.2 Å². The molecule has 2 bridgehead atoms. The molecule has 0 radical (unpaired) electrons. The summed E-state index contributed by atoms with van der Waals surface area (Å²) in [7, 11) is -2.23. The average molecular weight is 724 g/mol. The van der Waals surface area contributed by atoms with Crippen LogP contribution in [0, 0.1) is 29.6 Å². The molecule has 3 heterocycles. The Morgan fingerprint density at radius 2 is 1.88 bits per heavy atom. The molecule has 0 spiro atoms. The van der Waals surface area contributed by atoms with Crippen LogP contribution in [-0.4, -0.2) is 83.1 Å². The zero-order valence-corrected chi connectivity index (χ0v) is 31.0. The van der Waals surface area contributed by atoms with E-state index in [0.717, 1.165) is 69.5 Å². The third kappa shape index (κ3) is 8.35. The number of carbonyl (C=O) groups is 1. The largest absolute Gasteiger partial charge is 0.487 e. The number of halogens is 1. The summed E-state index contributed by atoms with van der Waals surface area (Å²) < 4.78 is 47.8. The summed E-state index contributed by atoms with van der Waals surface area (Å²) in [6.07, 6.45) is 9.34. The van der Waals surface area contributed by atoms with E-state index in [4.69, 9.17) is 25.8 Å². The van der Waals surface area contributed by atoms with Crippen LogP contribution in [-0.2, 0) is 32.5 Å². The summed E-state index contributed by atoms with van der Waals surface area (Å²) in [6, 6.07) is 11.2. The number of morpholine rings is 1. The van der Waals surface area contributed by atoms with E-state index in [-0.39, 0.29) is 23.3 Å². The van der Waals surface area contributed by atoms with Crippen LogP contribution in [0.3, 0.4) is 0 Å². The van der Waals surface area contributed by atoms with Gasteiger partial charge in [-0.3, -0.25) is 9.69 Å². The fourth-order valence-corrected chi connectivity index (χ4v) is 9.01. The molecule has 1 aliphatic carbocycles. The van der Waals surface area contributed by atoms with Gasteiger partial charge >= 0.3 is 0 Å². The number of hydrogen-bond donors (Lipinski definition) is 1. The van der Waals surface area contributed by atoms with E-state index in [1.54, 1.807) is 32.2 Å². The predicted molar refractivity (Wildman–Crippen MR) is 197 cm³/mol. The van der Waals surface area contributed by atoms with Gasteiger partial charge in [0.05, 0.1) is 30.7 Å². The highest BCUT2D eigenvalue weighted by atomic mass is 35.5. The fraction of sp³-hybridized carbons (Fsp3) is 0.564. The van der Waals surface area contributed by atoms with Crippen LogP contribution < -0.4 is 14.4 Å². The first-order valence-corrected chi connectivity index (χ1v) is 19.9. The van der Waals surface area contributed by atoms with Crippen LogP contribution in [0.15, 0.2) is 48.6 Å². The Bertz CT molecular complexity index is 1730. The highest BCUT2D eigenvalue weighted by molar-refractivity contribution is 7.90. The predicted octanol–water partition coefficient (Wildman–Crippen LogP) is 5.85. The molecule has 0 unspecified atom stereocenters. The van der Waals surface area contributed by atoms with Gasteiger partial charge in [-0.15, -0.1) is 0 Å². The minimum atomic E-state index is -3.97. The van der Waals surface area contributed by atoms with Crippen LogP contribution in [0.2, 0.25) is 5.02 Å². The molecule has 50 heavy (non-hydrogen) atoms. The van der Waals surface area contributed by atoms with Crippen molar-refractivity contribution in [3.05, 3.63) is 70.3 Å². The molecular formula is C39H50ClN3O6S. The van der Waals surface area contributed by atoms with Crippen molar-refractivity contribution in [1.29, 1.82) is 0 Å². The molecule has 9 nitrogen and oxygen atoms in total. The number of hydrogen-bond acceptors (Lipinski definition) is 8. The summed E-state index contributed by atoms with van der Waals surface area (Å²) in [5, 5.41) is -0.0998. The number of carbonyl (C=O) groups excluding carboxylic acids is 1. The Kier molecular flexibility index (Phi) is 11.8. The van der Waals surface area contributed by atoms with Crippen LogP contribution in [0.25, 0.3) is 0 Å². The molecule has 1 amide bonds. The SMILES string of the molecule is CO[C@]1(C#CCN2CCOCC2)/C=C/C[C@H](C)[C@@H](C)S(=O)(=O)NC(=O)c2ccc3c(c2)N(CCCCc2cc(Cl)ccc2CO3)C[C@@H]2CC[C@H]21. The first-order valence-electron chi connectivity index (χ1n) is 18.0. The molecule has 3 aliphatic heterocycles. The molecule has 6 rings (SSSR count). The number of fused-ring (bicyclic) bond motifs is 3. The molecule has 1 saturated carbocycles. The number of benzene rings is 2. The van der Waals surface area contributed by atoms with Crippen molar-refractivity contribution in [3.8, 4) is 17.6 Å². The standard InChI is InChI=1S/C39H50ClN3O6S/c1-28-8-6-16-39(47-3,17-7-18-42-20-22-48-23-21-42)35-14-11-32(35)26-43-19-5-4-9-30-24-34(40)13-10-33(30)27-49-37-15-12-31(25-36(37)43)38(44)41-50(45,46)29(28)2/h6,10,12-13,15-16,24-25,28-29,32,35H,4-5,8-9,11,14,18-23,26-27H2,1-3H3,(H,41,44)/b16-6+/t28-,29+,32-,35+,39-/m0/s1. The molecule has 1 saturated heterocycles. The number of ether oxygens (including phenoxy) is 3. The molecule has 1 N–H and O–H groups in total. The molecule has 0 aromatic heterocycles. The third-order valence-corrected chi connectivity index (χ3v) is 13.2. The van der Waals surface area contributed by atoms with Crippen molar-refractivity contribution in [2.24, 2.45) is 17.8 Å². The lowest BCUT2D eigenvalue weighted by Crippen LogP contribution is -2.50. The van der Waals surface area contributed by atoms with E-state index in [0.29, 0.717) is 43.6 Å². The van der Waals surface area contributed by atoms with E-state index in [1.807, 2.05) is 31.2 Å². The summed E-state index contributed by atoms with van der Waals surface area (Å²) in [4.78, 5) is 18.2. The molecule has 270 valence electrons. The van der Waals surface area contributed by atoms with Gasteiger partial charge in [0.1, 0.15) is 18.0 Å². The van der Waals surface area contributed by atoms with Gasteiger partial charge in [-0.1, -0.05) is 42.5 Å². The highest BCUT2D eigenvalue weighted by Crippen LogP contribution is 2.46. The quantitative estimate of drug-likeness (QED) is 0.305. The second-order valence-electron chi connectivity index (χ2n) is 14.2.